The number of nitrogens with one attached hydrogen (secondary N) is 2. The number of amides is 1. The number of anilines is 1. The average Bonchev–Trinajstić information content (AvgIpc) is 3.11. The molecule has 0 saturated heterocycles. The normalized spacial score (nSPS) is 10.8. The lowest BCUT2D eigenvalue weighted by molar-refractivity contribution is -0.384. The molecule has 7 nitrogen and oxygen atoms in total. The molecule has 0 saturated carbocycles. The van der Waals surface area contributed by atoms with Crippen LogP contribution in [0, 0.1) is 10.1 Å². The Kier molecular flexibility index (Phi) is 4.50. The first-order chi connectivity index (χ1) is 13.5. The molecule has 0 radical (unpaired) electrons. The fourth-order valence-electron chi connectivity index (χ4n) is 2.80. The first-order valence-electron chi connectivity index (χ1n) is 8.31. The Morgan fingerprint density at radius 2 is 1.86 bits per heavy atom. The molecule has 0 aliphatic rings. The van der Waals surface area contributed by atoms with Crippen LogP contribution >= 0.6 is 11.6 Å². The molecule has 0 unspecified atom stereocenters. The zero-order valence-corrected chi connectivity index (χ0v) is 15.1. The number of aromatic nitrogens is 2. The Balaban J connectivity index is 1.54. The van der Waals surface area contributed by atoms with Gasteiger partial charge in [-0.05, 0) is 36.4 Å². The number of H-pyrrole nitrogens is 1. The molecule has 0 aliphatic carbocycles. The van der Waals surface area contributed by atoms with Crippen molar-refractivity contribution in [1.29, 1.82) is 0 Å². The number of benzene rings is 3. The lowest BCUT2D eigenvalue weighted by Crippen LogP contribution is -2.11. The van der Waals surface area contributed by atoms with Crippen molar-refractivity contribution in [2.75, 3.05) is 5.32 Å². The fourth-order valence-corrected chi connectivity index (χ4v) is 2.97. The summed E-state index contributed by atoms with van der Waals surface area (Å²) in [6.07, 6.45) is 0. The minimum absolute atomic E-state index is 0.0851. The van der Waals surface area contributed by atoms with Crippen LogP contribution in [0.2, 0.25) is 5.02 Å². The van der Waals surface area contributed by atoms with Gasteiger partial charge in [0.15, 0.2) is 0 Å². The number of fused-ring (bicyclic) bond motifs is 1. The lowest BCUT2D eigenvalue weighted by Gasteiger charge is -2.06. The number of hydrogen-bond acceptors (Lipinski definition) is 4. The summed E-state index contributed by atoms with van der Waals surface area (Å²) < 4.78 is 0. The maximum Gasteiger partial charge on any atom is 0.271 e. The van der Waals surface area contributed by atoms with E-state index in [1.165, 1.54) is 18.2 Å². The number of nitro groups is 1. The number of carbonyl (C=O) groups excluding carboxylic acids is 1. The Morgan fingerprint density at radius 3 is 2.61 bits per heavy atom. The third kappa shape index (κ3) is 3.56. The highest BCUT2D eigenvalue weighted by atomic mass is 35.5. The van der Waals surface area contributed by atoms with Crippen LogP contribution in [0.3, 0.4) is 0 Å². The van der Waals surface area contributed by atoms with E-state index in [1.807, 2.05) is 6.07 Å². The van der Waals surface area contributed by atoms with Crippen LogP contribution in [0.5, 0.6) is 0 Å². The number of nitrogens with zero attached hydrogens (tertiary/aromatic N) is 2. The van der Waals surface area contributed by atoms with Gasteiger partial charge in [-0.2, -0.15) is 0 Å². The third-order valence-corrected chi connectivity index (χ3v) is 4.41. The van der Waals surface area contributed by atoms with Crippen molar-refractivity contribution in [3.8, 4) is 11.4 Å². The van der Waals surface area contributed by atoms with Gasteiger partial charge in [0, 0.05) is 34.0 Å². The molecule has 28 heavy (non-hydrogen) atoms. The molecular formula is C20H13ClN4O3. The van der Waals surface area contributed by atoms with Crippen molar-refractivity contribution in [2.24, 2.45) is 0 Å². The van der Waals surface area contributed by atoms with Crippen molar-refractivity contribution < 1.29 is 9.72 Å². The van der Waals surface area contributed by atoms with E-state index < -0.39 is 4.92 Å². The van der Waals surface area contributed by atoms with Gasteiger partial charge in [0.25, 0.3) is 11.6 Å². The molecule has 0 atom stereocenters. The van der Waals surface area contributed by atoms with E-state index in [0.717, 1.165) is 16.6 Å². The van der Waals surface area contributed by atoms with Crippen LogP contribution in [-0.2, 0) is 0 Å². The molecular weight excluding hydrogens is 380 g/mol. The summed E-state index contributed by atoms with van der Waals surface area (Å²) in [6.45, 7) is 0. The Hall–Kier alpha value is -3.71. The summed E-state index contributed by atoms with van der Waals surface area (Å²) in [4.78, 5) is 30.4. The van der Waals surface area contributed by atoms with E-state index in [4.69, 9.17) is 11.6 Å². The van der Waals surface area contributed by atoms with Gasteiger partial charge in [0.2, 0.25) is 0 Å². The first kappa shape index (κ1) is 17.7. The third-order valence-electron chi connectivity index (χ3n) is 4.18. The molecule has 1 amide bonds. The highest BCUT2D eigenvalue weighted by Crippen LogP contribution is 2.24. The van der Waals surface area contributed by atoms with E-state index in [9.17, 15) is 14.9 Å². The second kappa shape index (κ2) is 7.13. The number of aromatic amines is 1. The smallest absolute Gasteiger partial charge is 0.271 e. The standard InChI is InChI=1S/C20H13ClN4O3/c21-14-8-9-17-18(10-14)24-19(23-17)12-4-6-13(7-5-12)20(26)22-15-2-1-3-16(11-15)25(27)28/h1-11H,(H,22,26)(H,23,24). The van der Waals surface area contributed by atoms with Gasteiger partial charge in [-0.25, -0.2) is 4.98 Å². The van der Waals surface area contributed by atoms with Crippen molar-refractivity contribution in [1.82, 2.24) is 9.97 Å². The minimum atomic E-state index is -0.509. The van der Waals surface area contributed by atoms with E-state index in [-0.39, 0.29) is 11.6 Å². The maximum atomic E-state index is 12.4. The van der Waals surface area contributed by atoms with Crippen molar-refractivity contribution in [3.05, 3.63) is 87.4 Å². The summed E-state index contributed by atoms with van der Waals surface area (Å²) >= 11 is 5.99. The summed E-state index contributed by atoms with van der Waals surface area (Å²) in [5.41, 5.74) is 3.14. The van der Waals surface area contributed by atoms with Crippen LogP contribution < -0.4 is 5.32 Å². The summed E-state index contributed by atoms with van der Waals surface area (Å²) in [5.74, 6) is 0.311. The number of rotatable bonds is 4. The van der Waals surface area contributed by atoms with E-state index >= 15 is 0 Å². The molecule has 0 aliphatic heterocycles. The molecule has 138 valence electrons. The second-order valence-electron chi connectivity index (χ2n) is 6.09. The predicted octanol–water partition coefficient (Wildman–Crippen LogP) is 5.04. The molecule has 4 rings (SSSR count). The summed E-state index contributed by atoms with van der Waals surface area (Å²) in [6, 6.07) is 18.1. The van der Waals surface area contributed by atoms with Crippen LogP contribution in [0.1, 0.15) is 10.4 Å². The number of non-ortho nitro benzene ring substituents is 1. The number of nitro benzene ring substituents is 1. The van der Waals surface area contributed by atoms with Gasteiger partial charge in [-0.3, -0.25) is 14.9 Å². The number of hydrogen-bond donors (Lipinski definition) is 2. The van der Waals surface area contributed by atoms with Crippen LogP contribution in [0.25, 0.3) is 22.4 Å². The fraction of sp³-hybridized carbons (Fsp3) is 0. The number of carbonyl (C=O) groups is 1. The lowest BCUT2D eigenvalue weighted by atomic mass is 10.1. The van der Waals surface area contributed by atoms with Crippen LogP contribution in [0.15, 0.2) is 66.7 Å². The van der Waals surface area contributed by atoms with Gasteiger partial charge in [0.1, 0.15) is 5.82 Å². The van der Waals surface area contributed by atoms with Crippen LogP contribution in [0.4, 0.5) is 11.4 Å². The molecule has 8 heteroatoms. The van der Waals surface area contributed by atoms with Crippen molar-refractivity contribution in [2.45, 2.75) is 0 Å². The van der Waals surface area contributed by atoms with Crippen LogP contribution in [-0.4, -0.2) is 20.8 Å². The molecule has 3 aromatic carbocycles. The van der Waals surface area contributed by atoms with E-state index in [0.29, 0.717) is 22.1 Å². The summed E-state index contributed by atoms with van der Waals surface area (Å²) in [7, 11) is 0. The molecule has 0 bridgehead atoms. The topological polar surface area (TPSA) is 101 Å². The second-order valence-corrected chi connectivity index (χ2v) is 6.52. The highest BCUT2D eigenvalue weighted by molar-refractivity contribution is 6.31. The summed E-state index contributed by atoms with van der Waals surface area (Å²) in [5, 5.41) is 14.1. The first-order valence-corrected chi connectivity index (χ1v) is 8.69. The largest absolute Gasteiger partial charge is 0.338 e. The molecule has 1 heterocycles. The zero-order chi connectivity index (χ0) is 19.7. The molecule has 4 aromatic rings. The number of imidazole rings is 1. The van der Waals surface area contributed by atoms with E-state index in [2.05, 4.69) is 15.3 Å². The predicted molar refractivity (Wildman–Crippen MR) is 108 cm³/mol. The van der Waals surface area contributed by atoms with E-state index in [1.54, 1.807) is 42.5 Å². The SMILES string of the molecule is O=C(Nc1cccc([N+](=O)[O-])c1)c1ccc(-c2nc3ccc(Cl)cc3[nH]2)cc1. The molecule has 0 fully saturated rings. The quantitative estimate of drug-likeness (QED) is 0.375. The average molecular weight is 393 g/mol. The molecule has 0 spiro atoms. The Bertz CT molecular complexity index is 1200. The van der Waals surface area contributed by atoms with Gasteiger partial charge in [0.05, 0.1) is 16.0 Å². The van der Waals surface area contributed by atoms with Crippen molar-refractivity contribution in [3.63, 3.8) is 0 Å². The van der Waals surface area contributed by atoms with Gasteiger partial charge < -0.3 is 10.3 Å². The van der Waals surface area contributed by atoms with Gasteiger partial charge in [-0.15, -0.1) is 0 Å². The minimum Gasteiger partial charge on any atom is -0.338 e. The van der Waals surface area contributed by atoms with Gasteiger partial charge >= 0.3 is 0 Å². The van der Waals surface area contributed by atoms with Crippen molar-refractivity contribution >= 4 is 39.9 Å². The van der Waals surface area contributed by atoms with Gasteiger partial charge in [-0.1, -0.05) is 29.8 Å². The Labute approximate surface area is 164 Å². The number of halogens is 1. The Morgan fingerprint density at radius 1 is 1.07 bits per heavy atom. The molecule has 2 N–H and O–H groups in total. The highest BCUT2D eigenvalue weighted by Gasteiger charge is 2.11. The maximum absolute atomic E-state index is 12.4. The zero-order valence-electron chi connectivity index (χ0n) is 14.3. The molecule has 1 aromatic heterocycles. The monoisotopic (exact) mass is 392 g/mol.